The molecule has 1 amide bonds. The molecule has 170 valence electrons. The van der Waals surface area contributed by atoms with E-state index in [1.807, 2.05) is 0 Å². The Kier molecular flexibility index (Phi) is 7.88. The van der Waals surface area contributed by atoms with E-state index in [-0.39, 0.29) is 39.2 Å². The zero-order valence-corrected chi connectivity index (χ0v) is 20.4. The number of carbonyl (C=O) groups is 1. The zero-order chi connectivity index (χ0) is 23.6. The third-order valence-corrected chi connectivity index (χ3v) is 9.06. The second kappa shape index (κ2) is 9.66. The third kappa shape index (κ3) is 5.27. The molecule has 0 saturated carbocycles. The highest BCUT2D eigenvalue weighted by Crippen LogP contribution is 2.26. The summed E-state index contributed by atoms with van der Waals surface area (Å²) < 4.78 is 52.9. The zero-order valence-electron chi connectivity index (χ0n) is 18.0. The number of hydrogen-bond acceptors (Lipinski definition) is 5. The monoisotopic (exact) mass is 487 g/mol. The maximum atomic E-state index is 12.8. The number of amides is 1. The van der Waals surface area contributed by atoms with Gasteiger partial charge in [-0.2, -0.15) is 4.31 Å². The molecule has 0 aromatic heterocycles. The van der Waals surface area contributed by atoms with Crippen molar-refractivity contribution in [3.05, 3.63) is 52.5 Å². The van der Waals surface area contributed by atoms with Gasteiger partial charge in [-0.3, -0.25) is 4.79 Å². The molecule has 0 unspecified atom stereocenters. The Balaban J connectivity index is 2.44. The van der Waals surface area contributed by atoms with Crippen LogP contribution in [0.1, 0.15) is 29.8 Å². The molecule has 2 aromatic carbocycles. The number of halogens is 1. The summed E-state index contributed by atoms with van der Waals surface area (Å²) in [5.41, 5.74) is 0.730. The fourth-order valence-electron chi connectivity index (χ4n) is 2.90. The third-order valence-electron chi connectivity index (χ3n) is 4.73. The fraction of sp³-hybridized carbons (Fsp3) is 0.350. The standard InChI is InChI=1S/C20H26ClN3O5S2/c1-6-24(7-2)30(26,27)16-10-11-18(21)17(13-16)20(25)22-15-9-8-14(3)19(12-15)31(28,29)23(4)5/h8-13H,6-7H2,1-5H3,(H,22,25). The van der Waals surface area contributed by atoms with Crippen LogP contribution in [0.5, 0.6) is 0 Å². The highest BCUT2D eigenvalue weighted by Gasteiger charge is 2.25. The van der Waals surface area contributed by atoms with Crippen LogP contribution in [0.2, 0.25) is 5.02 Å². The number of aryl methyl sites for hydroxylation is 1. The number of hydrogen-bond donors (Lipinski definition) is 1. The molecule has 2 rings (SSSR count). The van der Waals surface area contributed by atoms with Crippen LogP contribution in [0, 0.1) is 6.92 Å². The van der Waals surface area contributed by atoms with Crippen LogP contribution in [0.3, 0.4) is 0 Å². The molecule has 0 aliphatic carbocycles. The minimum atomic E-state index is -3.78. The van der Waals surface area contributed by atoms with Gasteiger partial charge in [0.1, 0.15) is 0 Å². The van der Waals surface area contributed by atoms with E-state index in [1.54, 1.807) is 32.9 Å². The molecule has 31 heavy (non-hydrogen) atoms. The quantitative estimate of drug-likeness (QED) is 0.615. The van der Waals surface area contributed by atoms with E-state index in [4.69, 9.17) is 11.6 Å². The van der Waals surface area contributed by atoms with E-state index in [0.717, 1.165) is 4.31 Å². The first kappa shape index (κ1) is 25.3. The minimum absolute atomic E-state index is 0.0347. The number of carbonyl (C=O) groups excluding carboxylic acids is 1. The van der Waals surface area contributed by atoms with Gasteiger partial charge in [-0.15, -0.1) is 0 Å². The van der Waals surface area contributed by atoms with Crippen molar-refractivity contribution in [2.45, 2.75) is 30.6 Å². The summed E-state index contributed by atoms with van der Waals surface area (Å²) in [4.78, 5) is 12.8. The lowest BCUT2D eigenvalue weighted by Crippen LogP contribution is -2.30. The number of benzene rings is 2. The second-order valence-electron chi connectivity index (χ2n) is 6.95. The number of rotatable bonds is 8. The highest BCUT2D eigenvalue weighted by molar-refractivity contribution is 7.89. The number of anilines is 1. The fourth-order valence-corrected chi connectivity index (χ4v) is 5.73. The molecule has 0 radical (unpaired) electrons. The van der Waals surface area contributed by atoms with Crippen LogP contribution in [0.4, 0.5) is 5.69 Å². The lowest BCUT2D eigenvalue weighted by Gasteiger charge is -2.19. The van der Waals surface area contributed by atoms with Crippen molar-refractivity contribution in [2.75, 3.05) is 32.5 Å². The van der Waals surface area contributed by atoms with Gasteiger partial charge < -0.3 is 5.32 Å². The van der Waals surface area contributed by atoms with Crippen LogP contribution in [0.15, 0.2) is 46.2 Å². The van der Waals surface area contributed by atoms with Gasteiger partial charge in [0.25, 0.3) is 5.91 Å². The van der Waals surface area contributed by atoms with E-state index < -0.39 is 26.0 Å². The predicted octanol–water partition coefficient (Wildman–Crippen LogP) is 3.18. The highest BCUT2D eigenvalue weighted by atomic mass is 35.5. The lowest BCUT2D eigenvalue weighted by molar-refractivity contribution is 0.102. The molecule has 1 N–H and O–H groups in total. The van der Waals surface area contributed by atoms with Gasteiger partial charge in [0, 0.05) is 32.9 Å². The Labute approximate surface area is 188 Å². The molecule has 0 bridgehead atoms. The van der Waals surface area contributed by atoms with Gasteiger partial charge in [0.2, 0.25) is 20.0 Å². The lowest BCUT2D eigenvalue weighted by atomic mass is 10.2. The smallest absolute Gasteiger partial charge is 0.257 e. The van der Waals surface area contributed by atoms with Crippen LogP contribution in [-0.4, -0.2) is 58.5 Å². The summed E-state index contributed by atoms with van der Waals surface area (Å²) in [6, 6.07) is 8.41. The number of nitrogens with one attached hydrogen (secondary N) is 1. The minimum Gasteiger partial charge on any atom is -0.322 e. The van der Waals surface area contributed by atoms with E-state index in [0.29, 0.717) is 5.56 Å². The molecule has 0 heterocycles. The van der Waals surface area contributed by atoms with Crippen LogP contribution in [0.25, 0.3) is 0 Å². The first-order valence-electron chi connectivity index (χ1n) is 9.50. The Morgan fingerprint density at radius 1 is 0.968 bits per heavy atom. The van der Waals surface area contributed by atoms with Crippen molar-refractivity contribution < 1.29 is 21.6 Å². The average Bonchev–Trinajstić information content (AvgIpc) is 2.69. The first-order chi connectivity index (χ1) is 14.4. The number of nitrogens with zero attached hydrogens (tertiary/aromatic N) is 2. The van der Waals surface area contributed by atoms with Gasteiger partial charge in [-0.25, -0.2) is 21.1 Å². The topological polar surface area (TPSA) is 104 Å². The summed E-state index contributed by atoms with van der Waals surface area (Å²) in [6.45, 7) is 5.67. The molecule has 8 nitrogen and oxygen atoms in total. The van der Waals surface area contributed by atoms with Crippen molar-refractivity contribution in [3.63, 3.8) is 0 Å². The maximum absolute atomic E-state index is 12.8. The molecule has 0 spiro atoms. The van der Waals surface area contributed by atoms with Crippen molar-refractivity contribution in [3.8, 4) is 0 Å². The second-order valence-corrected chi connectivity index (χ2v) is 11.4. The van der Waals surface area contributed by atoms with Crippen molar-refractivity contribution in [2.24, 2.45) is 0 Å². The van der Waals surface area contributed by atoms with Crippen LogP contribution >= 0.6 is 11.6 Å². The van der Waals surface area contributed by atoms with E-state index >= 15 is 0 Å². The van der Waals surface area contributed by atoms with Crippen molar-refractivity contribution in [1.82, 2.24) is 8.61 Å². The van der Waals surface area contributed by atoms with E-state index in [9.17, 15) is 21.6 Å². The van der Waals surface area contributed by atoms with E-state index in [1.165, 1.54) is 42.7 Å². The Hall–Kier alpha value is -1.98. The predicted molar refractivity (Wildman–Crippen MR) is 122 cm³/mol. The summed E-state index contributed by atoms with van der Waals surface area (Å²) in [7, 11) is -4.65. The number of sulfonamides is 2. The Morgan fingerprint density at radius 3 is 2.13 bits per heavy atom. The summed E-state index contributed by atoms with van der Waals surface area (Å²) in [6.07, 6.45) is 0. The molecule has 0 atom stereocenters. The van der Waals surface area contributed by atoms with E-state index in [2.05, 4.69) is 5.32 Å². The molecular formula is C20H26ClN3O5S2. The molecule has 11 heteroatoms. The normalized spacial score (nSPS) is 12.4. The summed E-state index contributed by atoms with van der Waals surface area (Å²) in [5, 5.41) is 2.67. The first-order valence-corrected chi connectivity index (χ1v) is 12.8. The summed E-state index contributed by atoms with van der Waals surface area (Å²) >= 11 is 6.15. The van der Waals surface area contributed by atoms with Gasteiger partial charge in [-0.1, -0.05) is 31.5 Å². The summed E-state index contributed by atoms with van der Waals surface area (Å²) in [5.74, 6) is -0.654. The van der Waals surface area contributed by atoms with Gasteiger partial charge in [-0.05, 0) is 42.8 Å². The van der Waals surface area contributed by atoms with Gasteiger partial charge in [0.05, 0.1) is 20.4 Å². The molecule has 0 fully saturated rings. The van der Waals surface area contributed by atoms with Crippen molar-refractivity contribution in [1.29, 1.82) is 0 Å². The maximum Gasteiger partial charge on any atom is 0.257 e. The molecular weight excluding hydrogens is 462 g/mol. The Morgan fingerprint density at radius 2 is 1.58 bits per heavy atom. The Bertz CT molecular complexity index is 1190. The molecule has 0 aliphatic rings. The van der Waals surface area contributed by atoms with Gasteiger partial charge in [0.15, 0.2) is 0 Å². The average molecular weight is 488 g/mol. The molecule has 2 aromatic rings. The molecule has 0 aliphatic heterocycles. The largest absolute Gasteiger partial charge is 0.322 e. The SMILES string of the molecule is CCN(CC)S(=O)(=O)c1ccc(Cl)c(C(=O)Nc2ccc(C)c(S(=O)(=O)N(C)C)c2)c1. The van der Waals surface area contributed by atoms with Crippen molar-refractivity contribution >= 4 is 43.2 Å². The van der Waals surface area contributed by atoms with Gasteiger partial charge >= 0.3 is 0 Å². The molecule has 0 saturated heterocycles. The van der Waals surface area contributed by atoms with Crippen LogP contribution in [-0.2, 0) is 20.0 Å². The van der Waals surface area contributed by atoms with Crippen LogP contribution < -0.4 is 5.32 Å².